The summed E-state index contributed by atoms with van der Waals surface area (Å²) >= 11 is 0. The average Bonchev–Trinajstić information content (AvgIpc) is 2.84. The third-order valence-electron chi connectivity index (χ3n) is 6.80. The first kappa shape index (κ1) is 71.1. The van der Waals surface area contributed by atoms with Gasteiger partial charge in [-0.1, -0.05) is 77.0 Å². The minimum absolute atomic E-state index is 0. The Morgan fingerprint density at radius 3 is 0.524 bits per heavy atom. The van der Waals surface area contributed by atoms with Crippen molar-refractivity contribution in [1.82, 2.24) is 9.80 Å². The number of rotatable bonds is 29. The van der Waals surface area contributed by atoms with E-state index in [0.29, 0.717) is 26.2 Å². The Balaban J connectivity index is -0.000000194. The van der Waals surface area contributed by atoms with Gasteiger partial charge in [0.15, 0.2) is 0 Å². The molecule has 0 fully saturated rings. The maximum atomic E-state index is 7.32. The molecule has 0 aromatic rings. The van der Waals surface area contributed by atoms with Crippen molar-refractivity contribution in [2.24, 2.45) is 0 Å². The van der Waals surface area contributed by atoms with Gasteiger partial charge in [0.2, 0.25) is 0 Å². The maximum Gasteiger partial charge on any atom is 0 e. The summed E-state index contributed by atoms with van der Waals surface area (Å²) in [7, 11) is 0. The standard InChI is InChI=1S/C28H60N6.8Pu/c29-19-9-1-5-13-23-33(24-14-6-2-10-20-30)27-17-18-28-34(25-15-7-3-11-21-31)26-16-8-4-12-22-32;;;;;;;;/h29-32H,1-28H2;;;;;;;;/q-4;;;;;;;;. The largest absolute Gasteiger partial charge is 0.677 e. The van der Waals surface area contributed by atoms with Gasteiger partial charge in [-0.2, -0.15) is 26.2 Å². The van der Waals surface area contributed by atoms with Crippen LogP contribution in [0.3, 0.4) is 0 Å². The molecule has 0 unspecified atom stereocenters. The molecule has 0 bridgehead atoms. The predicted molar refractivity (Wildman–Crippen MR) is 153 cm³/mol. The Hall–Kier alpha value is 7.66. The molecule has 0 saturated carbocycles. The fraction of sp³-hybridized carbons (Fsp3) is 1.00. The van der Waals surface area contributed by atoms with Crippen molar-refractivity contribution < 1.29 is 233 Å². The topological polar surface area (TPSA) is 102 Å². The molecule has 0 radical (unpaired) electrons. The molecule has 0 amide bonds. The van der Waals surface area contributed by atoms with Crippen molar-refractivity contribution in [3.05, 3.63) is 22.9 Å². The van der Waals surface area contributed by atoms with Crippen LogP contribution in [0.15, 0.2) is 0 Å². The molecule has 0 aromatic carbocycles. The zero-order valence-corrected chi connectivity index (χ0v) is 53.2. The van der Waals surface area contributed by atoms with Crippen molar-refractivity contribution in [1.29, 1.82) is 0 Å². The monoisotopic (exact) mass is 2380 g/mol. The second kappa shape index (κ2) is 63.7. The van der Waals surface area contributed by atoms with Gasteiger partial charge in [-0.05, 0) is 77.8 Å². The quantitative estimate of drug-likeness (QED) is 0.0700. The molecule has 6 nitrogen and oxygen atoms in total. The van der Waals surface area contributed by atoms with Gasteiger partial charge in [0.25, 0.3) is 0 Å². The number of nitrogens with zero attached hydrogens (tertiary/aromatic N) is 2. The summed E-state index contributed by atoms with van der Waals surface area (Å²) < 4.78 is 0. The number of nitrogens with one attached hydrogen (secondary N) is 4. The van der Waals surface area contributed by atoms with Crippen molar-refractivity contribution in [2.45, 2.75) is 116 Å². The summed E-state index contributed by atoms with van der Waals surface area (Å²) in [5, 5.41) is 0. The smallest absolute Gasteiger partial charge is 0 e. The molecule has 14 heteroatoms. The SMILES string of the molecule is [NH-]CCCCCCN(CCCCCC[NH-])CCCCN(CCCCCC[NH-])CCCCCC[NH-].[Pu].[Pu].[Pu].[Pu].[Pu].[Pu].[Pu].[Pu]. The van der Waals surface area contributed by atoms with Crippen molar-refractivity contribution in [3.63, 3.8) is 0 Å². The van der Waals surface area contributed by atoms with Gasteiger partial charge >= 0.3 is 0 Å². The van der Waals surface area contributed by atoms with Gasteiger partial charge in [0.1, 0.15) is 0 Å². The fourth-order valence-electron chi connectivity index (χ4n) is 4.60. The Morgan fingerprint density at radius 1 is 0.214 bits per heavy atom. The van der Waals surface area contributed by atoms with E-state index < -0.39 is 0 Å². The van der Waals surface area contributed by atoms with Gasteiger partial charge in [0, 0.05) is 233 Å². The molecule has 0 aliphatic carbocycles. The molecule has 254 valence electrons. The molecule has 0 aliphatic rings. The van der Waals surface area contributed by atoms with Crippen LogP contribution in [0.4, 0.5) is 0 Å². The van der Waals surface area contributed by atoms with E-state index in [1.807, 2.05) is 0 Å². The Kier molecular flexibility index (Phi) is 108. The summed E-state index contributed by atoms with van der Waals surface area (Å²) in [4.78, 5) is 5.38. The molecule has 0 aliphatic heterocycles. The Morgan fingerprint density at radius 2 is 0.357 bits per heavy atom. The van der Waals surface area contributed by atoms with Gasteiger partial charge in [0.05, 0.1) is 0 Å². The van der Waals surface area contributed by atoms with Crippen LogP contribution in [0.25, 0.3) is 22.9 Å². The maximum absolute atomic E-state index is 7.32. The number of hydrogen-bond acceptors (Lipinski definition) is 2. The van der Waals surface area contributed by atoms with Gasteiger partial charge in [-0.15, -0.1) is 0 Å². The van der Waals surface area contributed by atoms with E-state index in [4.69, 9.17) is 22.9 Å². The van der Waals surface area contributed by atoms with Crippen LogP contribution in [0, 0.1) is 233 Å². The Labute approximate surface area is 438 Å². The first-order valence-electron chi connectivity index (χ1n) is 14.8. The third-order valence-corrected chi connectivity index (χ3v) is 6.80. The second-order valence-corrected chi connectivity index (χ2v) is 10.0. The normalized spacial score (nSPS) is 9.57. The van der Waals surface area contributed by atoms with Crippen LogP contribution in [0.1, 0.15) is 116 Å². The van der Waals surface area contributed by atoms with E-state index in [9.17, 15) is 0 Å². The van der Waals surface area contributed by atoms with Crippen molar-refractivity contribution in [2.75, 3.05) is 65.4 Å². The van der Waals surface area contributed by atoms with E-state index in [0.717, 1.165) is 25.7 Å². The molecule has 42 heavy (non-hydrogen) atoms. The molecule has 0 aromatic heterocycles. The molecule has 0 spiro atoms. The van der Waals surface area contributed by atoms with E-state index >= 15 is 0 Å². The molecule has 4 N–H and O–H groups in total. The molecule has 0 heterocycles. The third kappa shape index (κ3) is 57.0. The molecular formula is C28H60N6Pu8-4. The molecule has 0 atom stereocenters. The second-order valence-electron chi connectivity index (χ2n) is 10.0. The van der Waals surface area contributed by atoms with Gasteiger partial charge in [-0.3, -0.25) is 0 Å². The molecular weight excluding hydrogens is 2370 g/mol. The zero-order chi connectivity index (χ0) is 25.0. The van der Waals surface area contributed by atoms with E-state index in [-0.39, 0.29) is 233 Å². The molecule has 0 saturated heterocycles. The van der Waals surface area contributed by atoms with Crippen LogP contribution in [0.2, 0.25) is 0 Å². The number of hydrogen-bond donors (Lipinski definition) is 0. The van der Waals surface area contributed by atoms with E-state index in [1.165, 1.54) is 129 Å². The van der Waals surface area contributed by atoms with Crippen molar-refractivity contribution >= 4 is 0 Å². The van der Waals surface area contributed by atoms with Crippen LogP contribution in [-0.4, -0.2) is 75.2 Å². The van der Waals surface area contributed by atoms with E-state index in [1.54, 1.807) is 0 Å². The minimum atomic E-state index is 0. The van der Waals surface area contributed by atoms with Gasteiger partial charge in [-0.25, -0.2) is 0 Å². The van der Waals surface area contributed by atoms with Crippen LogP contribution >= 0.6 is 0 Å². The van der Waals surface area contributed by atoms with Crippen LogP contribution in [0.5, 0.6) is 0 Å². The van der Waals surface area contributed by atoms with Crippen molar-refractivity contribution in [3.8, 4) is 0 Å². The summed E-state index contributed by atoms with van der Waals surface area (Å²) in [6, 6.07) is 0. The first-order valence-corrected chi connectivity index (χ1v) is 14.8. The zero-order valence-electron chi connectivity index (χ0n) is 26.0. The average molecular weight is 2430 g/mol. The summed E-state index contributed by atoms with van der Waals surface area (Å²) in [5.74, 6) is 0. The van der Waals surface area contributed by atoms with E-state index in [2.05, 4.69) is 9.80 Å². The summed E-state index contributed by atoms with van der Waals surface area (Å²) in [5.41, 5.74) is 29.3. The van der Waals surface area contributed by atoms with Crippen LogP contribution < -0.4 is 0 Å². The summed E-state index contributed by atoms with van der Waals surface area (Å²) in [6.45, 7) is 9.59. The molecule has 0 rings (SSSR count). The minimum Gasteiger partial charge on any atom is -0.677 e. The van der Waals surface area contributed by atoms with Crippen LogP contribution in [-0.2, 0) is 0 Å². The number of unbranched alkanes of at least 4 members (excludes halogenated alkanes) is 13. The first-order chi connectivity index (χ1) is 16.8. The predicted octanol–water partition coefficient (Wildman–Crippen LogP) is 8.82. The fourth-order valence-corrected chi connectivity index (χ4v) is 4.60. The van der Waals surface area contributed by atoms with Gasteiger partial charge < -0.3 is 32.7 Å². The summed E-state index contributed by atoms with van der Waals surface area (Å²) in [6.07, 6.45) is 21.8. The Bertz CT molecular complexity index is 336.